The number of aromatic nitrogens is 2. The third-order valence-corrected chi connectivity index (χ3v) is 3.59. The lowest BCUT2D eigenvalue weighted by Crippen LogP contribution is -2.11. The molecule has 0 saturated carbocycles. The van der Waals surface area contributed by atoms with Gasteiger partial charge >= 0.3 is 0 Å². The van der Waals surface area contributed by atoms with Crippen molar-refractivity contribution < 1.29 is 4.21 Å². The maximum absolute atomic E-state index is 12.1. The fourth-order valence-corrected chi connectivity index (χ4v) is 2.68. The Kier molecular flexibility index (Phi) is 1.78. The molecule has 15 heavy (non-hydrogen) atoms. The van der Waals surface area contributed by atoms with E-state index in [1.54, 1.807) is 12.4 Å². The van der Waals surface area contributed by atoms with Crippen LogP contribution in [0.15, 0.2) is 46.6 Å². The largest absolute Gasteiger partial charge is 0.337 e. The van der Waals surface area contributed by atoms with Crippen molar-refractivity contribution in [2.75, 3.05) is 5.32 Å². The summed E-state index contributed by atoms with van der Waals surface area (Å²) in [5.41, 5.74) is 0.837. The number of hydrogen-bond donors (Lipinski definition) is 1. The van der Waals surface area contributed by atoms with Crippen LogP contribution in [0.2, 0.25) is 0 Å². The van der Waals surface area contributed by atoms with Gasteiger partial charge in [-0.1, -0.05) is 12.1 Å². The third-order valence-electron chi connectivity index (χ3n) is 2.18. The Morgan fingerprint density at radius 1 is 1.13 bits per heavy atom. The van der Waals surface area contributed by atoms with E-state index >= 15 is 0 Å². The van der Waals surface area contributed by atoms with Crippen molar-refractivity contribution in [1.82, 2.24) is 9.97 Å². The predicted octanol–water partition coefficient (Wildman–Crippen LogP) is 1.70. The monoisotopic (exact) mass is 217 g/mol. The minimum atomic E-state index is -1.23. The smallest absolute Gasteiger partial charge is 0.175 e. The first-order valence-corrected chi connectivity index (χ1v) is 5.60. The molecule has 0 fully saturated rings. The van der Waals surface area contributed by atoms with Gasteiger partial charge in [-0.15, -0.1) is 0 Å². The molecular weight excluding hydrogens is 210 g/mol. The van der Waals surface area contributed by atoms with Crippen LogP contribution in [0.25, 0.3) is 0 Å². The molecule has 1 aromatic carbocycles. The van der Waals surface area contributed by atoms with Gasteiger partial charge in [-0.05, 0) is 12.1 Å². The average Bonchev–Trinajstić information content (AvgIpc) is 2.30. The number of para-hydroxylation sites is 1. The quantitative estimate of drug-likeness (QED) is 0.622. The summed E-state index contributed by atoms with van der Waals surface area (Å²) in [7, 11) is -1.23. The van der Waals surface area contributed by atoms with Gasteiger partial charge in [-0.25, -0.2) is 14.2 Å². The molecule has 3 rings (SSSR count). The van der Waals surface area contributed by atoms with E-state index in [4.69, 9.17) is 0 Å². The van der Waals surface area contributed by atoms with Gasteiger partial charge < -0.3 is 5.32 Å². The number of rotatable bonds is 0. The van der Waals surface area contributed by atoms with E-state index in [-0.39, 0.29) is 0 Å². The first-order chi connectivity index (χ1) is 7.36. The van der Waals surface area contributed by atoms with Gasteiger partial charge in [0.15, 0.2) is 10.8 Å². The van der Waals surface area contributed by atoms with Crippen LogP contribution in [-0.4, -0.2) is 14.2 Å². The molecule has 0 radical (unpaired) electrons. The van der Waals surface area contributed by atoms with Crippen molar-refractivity contribution in [2.45, 2.75) is 9.92 Å². The summed E-state index contributed by atoms with van der Waals surface area (Å²) in [5.74, 6) is 0.578. The molecule has 2 aromatic rings. The highest BCUT2D eigenvalue weighted by molar-refractivity contribution is 7.85. The van der Waals surface area contributed by atoms with E-state index in [1.165, 1.54) is 0 Å². The molecule has 0 saturated heterocycles. The number of benzene rings is 1. The molecule has 4 nitrogen and oxygen atoms in total. The second kappa shape index (κ2) is 3.13. The molecule has 74 valence electrons. The second-order valence-corrected chi connectivity index (χ2v) is 4.46. The Labute approximate surface area is 88.8 Å². The summed E-state index contributed by atoms with van der Waals surface area (Å²) >= 11 is 0. The van der Waals surface area contributed by atoms with Crippen LogP contribution in [0.4, 0.5) is 11.5 Å². The van der Waals surface area contributed by atoms with Gasteiger partial charge in [-0.3, -0.25) is 0 Å². The minimum absolute atomic E-state index is 0.496. The molecule has 5 heteroatoms. The lowest BCUT2D eigenvalue weighted by atomic mass is 10.3. The molecule has 0 aliphatic carbocycles. The Hall–Kier alpha value is -1.75. The Morgan fingerprint density at radius 3 is 2.87 bits per heavy atom. The van der Waals surface area contributed by atoms with E-state index < -0.39 is 10.8 Å². The zero-order valence-corrected chi connectivity index (χ0v) is 8.49. The molecule has 1 aliphatic rings. The molecule has 2 heterocycles. The van der Waals surface area contributed by atoms with Crippen LogP contribution in [0.5, 0.6) is 0 Å². The average molecular weight is 217 g/mol. The highest BCUT2D eigenvalue weighted by Crippen LogP contribution is 2.33. The second-order valence-electron chi connectivity index (χ2n) is 3.10. The zero-order chi connectivity index (χ0) is 10.3. The summed E-state index contributed by atoms with van der Waals surface area (Å²) in [6.45, 7) is 0. The van der Waals surface area contributed by atoms with E-state index in [0.29, 0.717) is 10.8 Å². The fourth-order valence-electron chi connectivity index (χ4n) is 1.51. The Bertz CT molecular complexity index is 508. The highest BCUT2D eigenvalue weighted by Gasteiger charge is 2.23. The number of nitrogens with one attached hydrogen (secondary N) is 1. The molecule has 1 N–H and O–H groups in total. The SMILES string of the molecule is O=S1c2ccccc2Nc2nccnc21. The molecule has 1 unspecified atom stereocenters. The lowest BCUT2D eigenvalue weighted by Gasteiger charge is -2.17. The predicted molar refractivity (Wildman–Crippen MR) is 56.4 cm³/mol. The van der Waals surface area contributed by atoms with Crippen LogP contribution in [0, 0.1) is 0 Å². The van der Waals surface area contributed by atoms with Crippen LogP contribution in [-0.2, 0) is 10.8 Å². The van der Waals surface area contributed by atoms with Gasteiger partial charge in [0, 0.05) is 12.4 Å². The van der Waals surface area contributed by atoms with E-state index in [2.05, 4.69) is 15.3 Å². The fraction of sp³-hybridized carbons (Fsp3) is 0. The minimum Gasteiger partial charge on any atom is -0.337 e. The van der Waals surface area contributed by atoms with Crippen LogP contribution < -0.4 is 5.32 Å². The van der Waals surface area contributed by atoms with Crippen LogP contribution >= 0.6 is 0 Å². The maximum atomic E-state index is 12.1. The number of fused-ring (bicyclic) bond motifs is 2. The van der Waals surface area contributed by atoms with E-state index in [0.717, 1.165) is 10.6 Å². The van der Waals surface area contributed by atoms with Crippen molar-refractivity contribution in [3.05, 3.63) is 36.7 Å². The van der Waals surface area contributed by atoms with E-state index in [9.17, 15) is 4.21 Å². The van der Waals surface area contributed by atoms with Crippen molar-refractivity contribution in [3.8, 4) is 0 Å². The molecule has 0 spiro atoms. The van der Waals surface area contributed by atoms with Crippen molar-refractivity contribution in [1.29, 1.82) is 0 Å². The lowest BCUT2D eigenvalue weighted by molar-refractivity contribution is 0.679. The first kappa shape index (κ1) is 8.55. The van der Waals surface area contributed by atoms with Crippen molar-refractivity contribution >= 4 is 22.3 Å². The first-order valence-electron chi connectivity index (χ1n) is 4.45. The molecule has 0 amide bonds. The summed E-state index contributed by atoms with van der Waals surface area (Å²) in [5, 5.41) is 3.60. The maximum Gasteiger partial charge on any atom is 0.175 e. The normalized spacial score (nSPS) is 17.5. The molecule has 1 aliphatic heterocycles. The van der Waals surface area contributed by atoms with Gasteiger partial charge in [-0.2, -0.15) is 0 Å². The van der Waals surface area contributed by atoms with Gasteiger partial charge in [0.2, 0.25) is 0 Å². The Balaban J connectivity index is 2.24. The zero-order valence-electron chi connectivity index (χ0n) is 7.68. The summed E-state index contributed by atoms with van der Waals surface area (Å²) < 4.78 is 12.1. The summed E-state index contributed by atoms with van der Waals surface area (Å²) in [4.78, 5) is 8.93. The van der Waals surface area contributed by atoms with Gasteiger partial charge in [0.05, 0.1) is 10.6 Å². The van der Waals surface area contributed by atoms with Crippen LogP contribution in [0.3, 0.4) is 0 Å². The van der Waals surface area contributed by atoms with Gasteiger partial charge in [0.25, 0.3) is 0 Å². The highest BCUT2D eigenvalue weighted by atomic mass is 32.2. The Morgan fingerprint density at radius 2 is 1.93 bits per heavy atom. The van der Waals surface area contributed by atoms with Crippen molar-refractivity contribution in [3.63, 3.8) is 0 Å². The molecule has 0 bridgehead atoms. The molecule has 1 atom stereocenters. The standard InChI is InChI=1S/C10H7N3OS/c14-15-8-4-2-1-3-7(8)13-9-10(15)12-6-5-11-9/h1-6H,(H,11,13). The number of hydrogen-bond acceptors (Lipinski definition) is 4. The summed E-state index contributed by atoms with van der Waals surface area (Å²) in [6, 6.07) is 7.46. The molecule has 1 aromatic heterocycles. The summed E-state index contributed by atoms with van der Waals surface area (Å²) in [6.07, 6.45) is 3.13. The number of anilines is 2. The van der Waals surface area contributed by atoms with Gasteiger partial charge in [0.1, 0.15) is 10.8 Å². The van der Waals surface area contributed by atoms with Crippen molar-refractivity contribution in [2.24, 2.45) is 0 Å². The topological polar surface area (TPSA) is 54.9 Å². The molecular formula is C10H7N3OS. The van der Waals surface area contributed by atoms with Crippen LogP contribution in [0.1, 0.15) is 0 Å². The van der Waals surface area contributed by atoms with E-state index in [1.807, 2.05) is 24.3 Å². The third kappa shape index (κ3) is 1.24. The number of nitrogens with zero attached hydrogens (tertiary/aromatic N) is 2.